The first-order valence-electron chi connectivity index (χ1n) is 17.1. The number of hydrogen-bond acceptors (Lipinski definition) is 6. The molecule has 6 rings (SSSR count). The zero-order valence-electron chi connectivity index (χ0n) is 28.5. The second-order valence-electron chi connectivity index (χ2n) is 14.8. The van der Waals surface area contributed by atoms with Crippen LogP contribution in [0.2, 0.25) is 0 Å². The summed E-state index contributed by atoms with van der Waals surface area (Å²) in [5, 5.41) is 8.86. The highest BCUT2D eigenvalue weighted by molar-refractivity contribution is 6.48. The van der Waals surface area contributed by atoms with Crippen molar-refractivity contribution in [3.63, 3.8) is 0 Å². The van der Waals surface area contributed by atoms with Crippen molar-refractivity contribution < 1.29 is 23.7 Å². The summed E-state index contributed by atoms with van der Waals surface area (Å²) < 4.78 is 13.3. The average Bonchev–Trinajstić information content (AvgIpc) is 3.39. The van der Waals surface area contributed by atoms with Crippen molar-refractivity contribution >= 4 is 24.8 Å². The van der Waals surface area contributed by atoms with Gasteiger partial charge in [-0.25, -0.2) is 4.98 Å². The van der Waals surface area contributed by atoms with E-state index in [-0.39, 0.29) is 35.6 Å². The van der Waals surface area contributed by atoms with Gasteiger partial charge in [0, 0.05) is 17.8 Å². The van der Waals surface area contributed by atoms with Crippen molar-refractivity contribution in [2.24, 2.45) is 23.2 Å². The Morgan fingerprint density at radius 1 is 1.02 bits per heavy atom. The van der Waals surface area contributed by atoms with Gasteiger partial charge in [0.25, 0.3) is 11.8 Å². The molecule has 46 heavy (non-hydrogen) atoms. The van der Waals surface area contributed by atoms with E-state index in [9.17, 15) is 14.4 Å². The van der Waals surface area contributed by atoms with Gasteiger partial charge in [-0.2, -0.15) is 0 Å². The molecule has 4 fully saturated rings. The zero-order chi connectivity index (χ0) is 33.2. The van der Waals surface area contributed by atoms with Gasteiger partial charge in [0.2, 0.25) is 5.91 Å². The molecule has 248 valence electrons. The molecule has 10 heteroatoms. The van der Waals surface area contributed by atoms with E-state index >= 15 is 0 Å². The largest absolute Gasteiger partial charge is 0.481 e. The van der Waals surface area contributed by atoms with Gasteiger partial charge in [0.05, 0.1) is 17.6 Å². The van der Waals surface area contributed by atoms with E-state index in [1.807, 2.05) is 25.1 Å². The molecule has 6 atom stereocenters. The molecule has 2 aromatic rings. The number of carbonyl (C=O) groups excluding carboxylic acids is 3. The van der Waals surface area contributed by atoms with E-state index in [4.69, 9.17) is 9.31 Å². The number of unbranched alkanes of at least 4 members (excludes halogenated alkanes) is 1. The molecule has 3 saturated carbocycles. The Hall–Kier alpha value is -3.24. The van der Waals surface area contributed by atoms with Crippen molar-refractivity contribution in [1.29, 1.82) is 0 Å². The molecule has 3 amide bonds. The topological polar surface area (TPSA) is 119 Å². The molecule has 0 unspecified atom stereocenters. The fraction of sp³-hybridized carbons (Fsp3) is 0.611. The van der Waals surface area contributed by atoms with Crippen molar-refractivity contribution in [1.82, 2.24) is 20.9 Å². The molecule has 2 heterocycles. The lowest BCUT2D eigenvalue weighted by molar-refractivity contribution is -0.199. The standard InChI is InChI=1S/C36H51BN4O5/c1-8-9-11-26-12-10-13-27(39-26)33(43)40-28(21-38-32(42)24-16-14-23(4)15-17-24)34(44)41-31(18-22(2)3)37-45-30-20-25-19-29(35(25,5)6)36(30,7)46-37/h10,12-17,22,25,28-31H,8-9,11,18-21H2,1-7H3,(H,38,42)(H,40,43)(H,41,44)/t25-,28-,29-,30+,31-,36-/m0/s1. The predicted octanol–water partition coefficient (Wildman–Crippen LogP) is 5.06. The van der Waals surface area contributed by atoms with Crippen LogP contribution < -0.4 is 16.0 Å². The van der Waals surface area contributed by atoms with Gasteiger partial charge in [0.1, 0.15) is 11.7 Å². The van der Waals surface area contributed by atoms with E-state index in [1.54, 1.807) is 24.3 Å². The molecule has 3 aliphatic carbocycles. The quantitative estimate of drug-likeness (QED) is 0.267. The second kappa shape index (κ2) is 13.9. The minimum absolute atomic E-state index is 0.0174. The fourth-order valence-corrected chi connectivity index (χ4v) is 7.65. The van der Waals surface area contributed by atoms with Crippen molar-refractivity contribution in [3.8, 4) is 0 Å². The third-order valence-corrected chi connectivity index (χ3v) is 10.6. The molecule has 4 aliphatic rings. The minimum Gasteiger partial charge on any atom is -0.404 e. The molecular formula is C36H51BN4O5. The average molecular weight is 631 g/mol. The van der Waals surface area contributed by atoms with Gasteiger partial charge >= 0.3 is 7.12 Å². The summed E-state index contributed by atoms with van der Waals surface area (Å²) in [6, 6.07) is 11.5. The Bertz CT molecular complexity index is 1420. The van der Waals surface area contributed by atoms with Crippen LogP contribution in [-0.2, 0) is 20.5 Å². The fourth-order valence-electron chi connectivity index (χ4n) is 7.65. The maximum absolute atomic E-state index is 14.0. The van der Waals surface area contributed by atoms with Gasteiger partial charge in [-0.05, 0) is 93.4 Å². The predicted molar refractivity (Wildman–Crippen MR) is 179 cm³/mol. The summed E-state index contributed by atoms with van der Waals surface area (Å²) in [5.41, 5.74) is 2.36. The number of aromatic nitrogens is 1. The molecule has 2 bridgehead atoms. The lowest BCUT2D eigenvalue weighted by atomic mass is 9.43. The first-order chi connectivity index (χ1) is 21.8. The van der Waals surface area contributed by atoms with Crippen molar-refractivity contribution in [2.75, 3.05) is 6.54 Å². The summed E-state index contributed by atoms with van der Waals surface area (Å²) in [4.78, 5) is 45.0. The highest BCUT2D eigenvalue weighted by atomic mass is 16.7. The summed E-state index contributed by atoms with van der Waals surface area (Å²) >= 11 is 0. The third-order valence-electron chi connectivity index (χ3n) is 10.6. The van der Waals surface area contributed by atoms with Crippen LogP contribution in [0.4, 0.5) is 0 Å². The molecular weight excluding hydrogens is 579 g/mol. The first kappa shape index (κ1) is 34.1. The van der Waals surface area contributed by atoms with Crippen molar-refractivity contribution in [2.45, 2.75) is 111 Å². The number of benzene rings is 1. The maximum Gasteiger partial charge on any atom is 0.481 e. The molecule has 1 aromatic carbocycles. The number of nitrogens with zero attached hydrogens (tertiary/aromatic N) is 1. The SMILES string of the molecule is CCCCc1cccc(C(=O)N[C@@H](CNC(=O)c2ccc(C)cc2)C(=O)N[C@@H](CC(C)C)B2O[C@@H]3C[C@@H]4C[C@@H](C4(C)C)[C@]3(C)O2)n1. The molecule has 0 spiro atoms. The highest BCUT2D eigenvalue weighted by Gasteiger charge is 2.68. The Kier molecular flexibility index (Phi) is 10.3. The van der Waals surface area contributed by atoms with E-state index in [0.717, 1.165) is 43.4 Å². The molecule has 1 aromatic heterocycles. The van der Waals surface area contributed by atoms with Gasteiger partial charge in [-0.15, -0.1) is 0 Å². The van der Waals surface area contributed by atoms with E-state index in [0.29, 0.717) is 23.8 Å². The Balaban J connectivity index is 1.33. The normalized spacial score (nSPS) is 25.7. The lowest BCUT2D eigenvalue weighted by Gasteiger charge is -2.64. The third kappa shape index (κ3) is 7.18. The summed E-state index contributed by atoms with van der Waals surface area (Å²) in [7, 11) is -0.605. The smallest absolute Gasteiger partial charge is 0.404 e. The number of aryl methyl sites for hydroxylation is 2. The van der Waals surface area contributed by atoms with E-state index in [2.05, 4.69) is 62.5 Å². The first-order valence-corrected chi connectivity index (χ1v) is 17.1. The summed E-state index contributed by atoms with van der Waals surface area (Å²) in [5.74, 6) is -0.387. The number of rotatable bonds is 13. The Morgan fingerprint density at radius 3 is 2.43 bits per heavy atom. The van der Waals surface area contributed by atoms with Crippen LogP contribution in [-0.4, -0.2) is 60.1 Å². The zero-order valence-corrected chi connectivity index (χ0v) is 28.5. The van der Waals surface area contributed by atoms with Gasteiger partial charge < -0.3 is 25.3 Å². The van der Waals surface area contributed by atoms with Crippen LogP contribution in [0, 0.1) is 30.1 Å². The van der Waals surface area contributed by atoms with Crippen LogP contribution >= 0.6 is 0 Å². The molecule has 1 aliphatic heterocycles. The van der Waals surface area contributed by atoms with Gasteiger partial charge in [-0.3, -0.25) is 14.4 Å². The molecule has 9 nitrogen and oxygen atoms in total. The van der Waals surface area contributed by atoms with E-state index < -0.39 is 36.5 Å². The summed E-state index contributed by atoms with van der Waals surface area (Å²) in [6.45, 7) is 15.0. The monoisotopic (exact) mass is 630 g/mol. The number of carbonyl (C=O) groups is 3. The van der Waals surface area contributed by atoms with Gasteiger partial charge in [-0.1, -0.05) is 64.8 Å². The van der Waals surface area contributed by atoms with Crippen LogP contribution in [0.3, 0.4) is 0 Å². The second-order valence-corrected chi connectivity index (χ2v) is 14.8. The molecule has 1 saturated heterocycles. The number of nitrogens with one attached hydrogen (secondary N) is 3. The number of hydrogen-bond donors (Lipinski definition) is 3. The van der Waals surface area contributed by atoms with Crippen LogP contribution in [0.1, 0.15) is 106 Å². The maximum atomic E-state index is 14.0. The number of pyridine rings is 1. The minimum atomic E-state index is -1.05. The van der Waals surface area contributed by atoms with Crippen LogP contribution in [0.25, 0.3) is 0 Å². The Labute approximate surface area is 274 Å². The lowest BCUT2D eigenvalue weighted by Crippen LogP contribution is -2.65. The van der Waals surface area contributed by atoms with E-state index in [1.165, 1.54) is 0 Å². The molecule has 0 radical (unpaired) electrons. The van der Waals surface area contributed by atoms with Crippen molar-refractivity contribution in [3.05, 3.63) is 65.0 Å². The van der Waals surface area contributed by atoms with Crippen LogP contribution in [0.15, 0.2) is 42.5 Å². The highest BCUT2D eigenvalue weighted by Crippen LogP contribution is 2.65. The number of amides is 3. The van der Waals surface area contributed by atoms with Crippen LogP contribution in [0.5, 0.6) is 0 Å². The van der Waals surface area contributed by atoms with Gasteiger partial charge in [0.15, 0.2) is 0 Å². The Morgan fingerprint density at radius 2 is 1.76 bits per heavy atom. The summed E-state index contributed by atoms with van der Waals surface area (Å²) in [6.07, 6.45) is 5.46. The molecule has 3 N–H and O–H groups in total.